The molecule has 0 aliphatic carbocycles. The van der Waals surface area contributed by atoms with E-state index in [0.717, 1.165) is 17.6 Å². The predicted molar refractivity (Wildman–Crippen MR) is 101 cm³/mol. The lowest BCUT2D eigenvalue weighted by molar-refractivity contribution is -0.386. The molecule has 0 heterocycles. The molecule has 0 aliphatic heterocycles. The number of methoxy groups -OCH3 is 1. The van der Waals surface area contributed by atoms with E-state index in [9.17, 15) is 18.5 Å². The van der Waals surface area contributed by atoms with Gasteiger partial charge >= 0.3 is 5.69 Å². The lowest BCUT2D eigenvalue weighted by Gasteiger charge is -2.26. The Morgan fingerprint density at radius 3 is 2.27 bits per heavy atom. The number of hydrogen-bond acceptors (Lipinski definition) is 6. The molecule has 0 aromatic heterocycles. The van der Waals surface area contributed by atoms with E-state index in [-0.39, 0.29) is 16.0 Å². The third-order valence-electron chi connectivity index (χ3n) is 4.17. The van der Waals surface area contributed by atoms with E-state index >= 15 is 0 Å². The van der Waals surface area contributed by atoms with Crippen LogP contribution in [0.5, 0.6) is 5.75 Å². The van der Waals surface area contributed by atoms with Crippen LogP contribution >= 0.6 is 0 Å². The lowest BCUT2D eigenvalue weighted by atomic mass is 9.84. The van der Waals surface area contributed by atoms with Crippen LogP contribution in [-0.2, 0) is 15.3 Å². The molecular formula is C18H22N2O5S. The Kier molecular flexibility index (Phi) is 5.56. The molecule has 26 heavy (non-hydrogen) atoms. The van der Waals surface area contributed by atoms with Crippen LogP contribution in [0.1, 0.15) is 19.4 Å². The minimum atomic E-state index is -3.71. The zero-order chi connectivity index (χ0) is 19.5. The second-order valence-corrected chi connectivity index (χ2v) is 8.63. The SMILES string of the molecule is COc1ccc(C(C)(C)CNc2cccc(S(C)(=O)=O)c2[N+](=O)[O-])cc1. The lowest BCUT2D eigenvalue weighted by Crippen LogP contribution is -2.28. The number of nitrogens with one attached hydrogen (secondary N) is 1. The zero-order valence-corrected chi connectivity index (χ0v) is 16.0. The van der Waals surface area contributed by atoms with Crippen molar-refractivity contribution in [1.82, 2.24) is 0 Å². The van der Waals surface area contributed by atoms with E-state index in [4.69, 9.17) is 4.74 Å². The molecule has 0 saturated heterocycles. The molecule has 2 aromatic rings. The van der Waals surface area contributed by atoms with E-state index in [1.165, 1.54) is 18.2 Å². The maximum absolute atomic E-state index is 11.8. The normalized spacial score (nSPS) is 11.8. The van der Waals surface area contributed by atoms with Gasteiger partial charge in [0.2, 0.25) is 0 Å². The molecule has 2 aromatic carbocycles. The summed E-state index contributed by atoms with van der Waals surface area (Å²) in [5.41, 5.74) is 0.425. The van der Waals surface area contributed by atoms with Crippen molar-refractivity contribution in [3.63, 3.8) is 0 Å². The average molecular weight is 378 g/mol. The first-order chi connectivity index (χ1) is 12.1. The molecular weight excluding hydrogens is 356 g/mol. The number of rotatable bonds is 7. The third kappa shape index (κ3) is 4.32. The largest absolute Gasteiger partial charge is 0.497 e. The molecule has 0 aliphatic rings. The van der Waals surface area contributed by atoms with Gasteiger partial charge in [0.25, 0.3) is 0 Å². The quantitative estimate of drug-likeness (QED) is 0.586. The van der Waals surface area contributed by atoms with E-state index in [2.05, 4.69) is 5.32 Å². The van der Waals surface area contributed by atoms with Crippen molar-refractivity contribution in [3.8, 4) is 5.75 Å². The zero-order valence-electron chi connectivity index (χ0n) is 15.1. The summed E-state index contributed by atoms with van der Waals surface area (Å²) in [6.45, 7) is 4.37. The first kappa shape index (κ1) is 19.7. The number of hydrogen-bond donors (Lipinski definition) is 1. The number of sulfone groups is 1. The van der Waals surface area contributed by atoms with Crippen LogP contribution in [-0.4, -0.2) is 33.3 Å². The molecule has 140 valence electrons. The number of para-hydroxylation sites is 1. The Balaban J connectivity index is 2.32. The summed E-state index contributed by atoms with van der Waals surface area (Å²) >= 11 is 0. The molecule has 0 fully saturated rings. The fourth-order valence-corrected chi connectivity index (χ4v) is 3.47. The van der Waals surface area contributed by atoms with Gasteiger partial charge in [0.15, 0.2) is 9.84 Å². The average Bonchev–Trinajstić information content (AvgIpc) is 2.58. The molecule has 0 bridgehead atoms. The van der Waals surface area contributed by atoms with Crippen molar-refractivity contribution in [2.75, 3.05) is 25.2 Å². The van der Waals surface area contributed by atoms with Crippen molar-refractivity contribution < 1.29 is 18.1 Å². The number of nitro groups is 1. The van der Waals surface area contributed by atoms with Gasteiger partial charge in [-0.3, -0.25) is 10.1 Å². The summed E-state index contributed by atoms with van der Waals surface area (Å²) in [7, 11) is -2.12. The monoisotopic (exact) mass is 378 g/mol. The van der Waals surface area contributed by atoms with Crippen molar-refractivity contribution in [1.29, 1.82) is 0 Å². The highest BCUT2D eigenvalue weighted by Crippen LogP contribution is 2.33. The molecule has 0 atom stereocenters. The third-order valence-corrected chi connectivity index (χ3v) is 5.30. The minimum Gasteiger partial charge on any atom is -0.497 e. The second-order valence-electron chi connectivity index (χ2n) is 6.65. The van der Waals surface area contributed by atoms with Crippen molar-refractivity contribution in [2.45, 2.75) is 24.2 Å². The summed E-state index contributed by atoms with van der Waals surface area (Å²) in [5, 5.41) is 14.5. The first-order valence-electron chi connectivity index (χ1n) is 7.92. The van der Waals surface area contributed by atoms with E-state index < -0.39 is 20.4 Å². The summed E-state index contributed by atoms with van der Waals surface area (Å²) in [6.07, 6.45) is 0.959. The van der Waals surface area contributed by atoms with Gasteiger partial charge in [0.05, 0.1) is 12.0 Å². The van der Waals surface area contributed by atoms with Gasteiger partial charge in [-0.15, -0.1) is 0 Å². The van der Waals surface area contributed by atoms with Crippen LogP contribution in [0.15, 0.2) is 47.4 Å². The fraction of sp³-hybridized carbons (Fsp3) is 0.333. The smallest absolute Gasteiger partial charge is 0.310 e. The van der Waals surface area contributed by atoms with Gasteiger partial charge in [0.1, 0.15) is 16.3 Å². The topological polar surface area (TPSA) is 98.5 Å². The molecule has 8 heteroatoms. The molecule has 0 saturated carbocycles. The van der Waals surface area contributed by atoms with Crippen LogP contribution in [0.2, 0.25) is 0 Å². The number of nitro benzene ring substituents is 1. The van der Waals surface area contributed by atoms with Gasteiger partial charge in [-0.25, -0.2) is 8.42 Å². The van der Waals surface area contributed by atoms with E-state index in [1.54, 1.807) is 7.11 Å². The number of nitrogens with zero attached hydrogens (tertiary/aromatic N) is 1. The molecule has 2 rings (SSSR count). The molecule has 1 N–H and O–H groups in total. The van der Waals surface area contributed by atoms with Gasteiger partial charge in [0, 0.05) is 18.2 Å². The summed E-state index contributed by atoms with van der Waals surface area (Å²) in [4.78, 5) is 10.5. The maximum Gasteiger partial charge on any atom is 0.310 e. The highest BCUT2D eigenvalue weighted by Gasteiger charge is 2.28. The Hall–Kier alpha value is -2.61. The predicted octanol–water partition coefficient (Wildman–Crippen LogP) is 3.40. The van der Waals surface area contributed by atoms with Crippen molar-refractivity contribution in [2.24, 2.45) is 0 Å². The number of anilines is 1. The minimum absolute atomic E-state index is 0.180. The van der Waals surface area contributed by atoms with Crippen LogP contribution in [0, 0.1) is 10.1 Å². The Labute approximate surface area is 153 Å². The van der Waals surface area contributed by atoms with Crippen molar-refractivity contribution >= 4 is 21.2 Å². The molecule has 0 unspecified atom stereocenters. The molecule has 0 radical (unpaired) electrons. The van der Waals surface area contributed by atoms with Gasteiger partial charge in [-0.1, -0.05) is 32.0 Å². The standard InChI is InChI=1S/C18H22N2O5S/c1-18(2,13-8-10-14(25-3)11-9-13)12-19-15-6-5-7-16(26(4,23)24)17(15)20(21)22/h5-11,19H,12H2,1-4H3. The highest BCUT2D eigenvalue weighted by atomic mass is 32.2. The summed E-state index contributed by atoms with van der Waals surface area (Å²) in [5.74, 6) is 0.744. The maximum atomic E-state index is 11.8. The van der Waals surface area contributed by atoms with Crippen LogP contribution < -0.4 is 10.1 Å². The molecule has 0 amide bonds. The summed E-state index contributed by atoms with van der Waals surface area (Å²) in [6, 6.07) is 11.8. The number of ether oxygens (including phenoxy) is 1. The van der Waals surface area contributed by atoms with Gasteiger partial charge < -0.3 is 10.1 Å². The second kappa shape index (κ2) is 7.33. The fourth-order valence-electron chi connectivity index (χ4n) is 2.61. The molecule has 0 spiro atoms. The van der Waals surface area contributed by atoms with E-state index in [1.807, 2.05) is 38.1 Å². The van der Waals surface area contributed by atoms with Gasteiger partial charge in [-0.05, 0) is 29.8 Å². The van der Waals surface area contributed by atoms with Crippen LogP contribution in [0.4, 0.5) is 11.4 Å². The Morgan fingerprint density at radius 2 is 1.77 bits per heavy atom. The van der Waals surface area contributed by atoms with Crippen LogP contribution in [0.25, 0.3) is 0 Å². The van der Waals surface area contributed by atoms with E-state index in [0.29, 0.717) is 6.54 Å². The number of benzene rings is 2. The van der Waals surface area contributed by atoms with Crippen LogP contribution in [0.3, 0.4) is 0 Å². The Morgan fingerprint density at radius 1 is 1.15 bits per heavy atom. The summed E-state index contributed by atoms with van der Waals surface area (Å²) < 4.78 is 28.8. The van der Waals surface area contributed by atoms with Crippen molar-refractivity contribution in [3.05, 3.63) is 58.1 Å². The first-order valence-corrected chi connectivity index (χ1v) is 9.81. The highest BCUT2D eigenvalue weighted by molar-refractivity contribution is 7.90. The van der Waals surface area contributed by atoms with Gasteiger partial charge in [-0.2, -0.15) is 0 Å². The Bertz CT molecular complexity index is 906. The molecule has 7 nitrogen and oxygen atoms in total.